The molecule has 0 amide bonds. The standard InChI is InChI=1S/C12H23NO3/c1-2-6-10(12(15)16)13-9-7-4-3-5-8-11(9)14/h9-11,13-14H,2-8H2,1H3,(H,15,16). The van der Waals surface area contributed by atoms with Crippen LogP contribution < -0.4 is 5.32 Å². The molecule has 1 saturated carbocycles. The van der Waals surface area contributed by atoms with Crippen LogP contribution in [0.25, 0.3) is 0 Å². The number of carboxylic acids is 1. The van der Waals surface area contributed by atoms with E-state index in [0.717, 1.165) is 38.5 Å². The number of rotatable bonds is 5. The highest BCUT2D eigenvalue weighted by Gasteiger charge is 2.26. The average Bonchev–Trinajstić information content (AvgIpc) is 2.43. The number of hydrogen-bond acceptors (Lipinski definition) is 3. The van der Waals surface area contributed by atoms with Crippen LogP contribution in [0.3, 0.4) is 0 Å². The molecule has 0 bridgehead atoms. The Morgan fingerprint density at radius 1 is 1.38 bits per heavy atom. The number of aliphatic carboxylic acids is 1. The monoisotopic (exact) mass is 229 g/mol. The van der Waals surface area contributed by atoms with Gasteiger partial charge in [-0.2, -0.15) is 0 Å². The summed E-state index contributed by atoms with van der Waals surface area (Å²) in [6.45, 7) is 1.97. The van der Waals surface area contributed by atoms with Crippen LogP contribution in [0.4, 0.5) is 0 Å². The predicted octanol–water partition coefficient (Wildman–Crippen LogP) is 1.52. The van der Waals surface area contributed by atoms with Crippen LogP contribution in [0.15, 0.2) is 0 Å². The van der Waals surface area contributed by atoms with E-state index in [-0.39, 0.29) is 12.1 Å². The first-order valence-electron chi connectivity index (χ1n) is 6.32. The van der Waals surface area contributed by atoms with Gasteiger partial charge in [0.1, 0.15) is 6.04 Å². The fourth-order valence-electron chi connectivity index (χ4n) is 2.31. The third-order valence-corrected chi connectivity index (χ3v) is 3.27. The zero-order valence-corrected chi connectivity index (χ0v) is 9.98. The average molecular weight is 229 g/mol. The van der Waals surface area contributed by atoms with E-state index in [1.54, 1.807) is 0 Å². The zero-order valence-electron chi connectivity index (χ0n) is 9.98. The Bertz CT molecular complexity index is 220. The van der Waals surface area contributed by atoms with E-state index >= 15 is 0 Å². The van der Waals surface area contributed by atoms with E-state index in [1.165, 1.54) is 0 Å². The van der Waals surface area contributed by atoms with Crippen LogP contribution in [0.2, 0.25) is 0 Å². The first kappa shape index (κ1) is 13.5. The van der Waals surface area contributed by atoms with Gasteiger partial charge in [-0.05, 0) is 19.3 Å². The van der Waals surface area contributed by atoms with Crippen molar-refractivity contribution in [3.8, 4) is 0 Å². The number of carbonyl (C=O) groups is 1. The highest BCUT2D eigenvalue weighted by atomic mass is 16.4. The maximum Gasteiger partial charge on any atom is 0.320 e. The van der Waals surface area contributed by atoms with Crippen molar-refractivity contribution in [1.29, 1.82) is 0 Å². The van der Waals surface area contributed by atoms with Crippen LogP contribution in [-0.2, 0) is 4.79 Å². The zero-order chi connectivity index (χ0) is 12.0. The Labute approximate surface area is 97.0 Å². The molecule has 1 aliphatic carbocycles. The fourth-order valence-corrected chi connectivity index (χ4v) is 2.31. The van der Waals surface area contributed by atoms with Crippen LogP contribution in [0.5, 0.6) is 0 Å². The summed E-state index contributed by atoms with van der Waals surface area (Å²) in [5.74, 6) is -0.807. The van der Waals surface area contributed by atoms with Gasteiger partial charge in [-0.3, -0.25) is 10.1 Å². The van der Waals surface area contributed by atoms with Crippen molar-refractivity contribution in [2.45, 2.75) is 70.1 Å². The first-order valence-corrected chi connectivity index (χ1v) is 6.32. The number of aliphatic hydroxyl groups excluding tert-OH is 1. The van der Waals surface area contributed by atoms with Gasteiger partial charge in [-0.1, -0.05) is 32.6 Å². The number of aliphatic hydroxyl groups is 1. The van der Waals surface area contributed by atoms with Gasteiger partial charge >= 0.3 is 5.97 Å². The van der Waals surface area contributed by atoms with Crippen LogP contribution in [-0.4, -0.2) is 34.4 Å². The predicted molar refractivity (Wildman–Crippen MR) is 62.3 cm³/mol. The molecule has 0 saturated heterocycles. The molecule has 0 heterocycles. The molecular formula is C12H23NO3. The van der Waals surface area contributed by atoms with E-state index in [4.69, 9.17) is 5.11 Å². The summed E-state index contributed by atoms with van der Waals surface area (Å²) in [7, 11) is 0. The van der Waals surface area contributed by atoms with Crippen molar-refractivity contribution in [2.75, 3.05) is 0 Å². The minimum absolute atomic E-state index is 0.0462. The molecule has 0 aromatic rings. The molecule has 4 nitrogen and oxygen atoms in total. The smallest absolute Gasteiger partial charge is 0.320 e. The maximum atomic E-state index is 11.0. The topological polar surface area (TPSA) is 69.6 Å². The lowest BCUT2D eigenvalue weighted by Crippen LogP contribution is -2.48. The maximum absolute atomic E-state index is 11.0. The summed E-state index contributed by atoms with van der Waals surface area (Å²) < 4.78 is 0. The van der Waals surface area contributed by atoms with Crippen molar-refractivity contribution in [3.05, 3.63) is 0 Å². The molecular weight excluding hydrogens is 206 g/mol. The molecule has 1 fully saturated rings. The SMILES string of the molecule is CCCC(NC1CCCCCC1O)C(=O)O. The Balaban J connectivity index is 2.50. The molecule has 0 aromatic heterocycles. The Hall–Kier alpha value is -0.610. The molecule has 0 aromatic carbocycles. The minimum atomic E-state index is -0.807. The summed E-state index contributed by atoms with van der Waals surface area (Å²) in [6.07, 6.45) is 6.01. The molecule has 16 heavy (non-hydrogen) atoms. The highest BCUT2D eigenvalue weighted by Crippen LogP contribution is 2.19. The molecule has 3 N–H and O–H groups in total. The largest absolute Gasteiger partial charge is 0.480 e. The van der Waals surface area contributed by atoms with E-state index in [2.05, 4.69) is 5.32 Å². The van der Waals surface area contributed by atoms with Gasteiger partial charge in [0, 0.05) is 6.04 Å². The van der Waals surface area contributed by atoms with E-state index in [0.29, 0.717) is 6.42 Å². The molecule has 94 valence electrons. The Morgan fingerprint density at radius 3 is 2.69 bits per heavy atom. The van der Waals surface area contributed by atoms with Gasteiger partial charge in [-0.25, -0.2) is 0 Å². The molecule has 1 rings (SSSR count). The van der Waals surface area contributed by atoms with Crippen LogP contribution in [0, 0.1) is 0 Å². The van der Waals surface area contributed by atoms with Gasteiger partial charge < -0.3 is 10.2 Å². The summed E-state index contributed by atoms with van der Waals surface area (Å²) in [6, 6.07) is -0.558. The third kappa shape index (κ3) is 4.10. The van der Waals surface area contributed by atoms with E-state index in [1.807, 2.05) is 6.92 Å². The van der Waals surface area contributed by atoms with Crippen molar-refractivity contribution >= 4 is 5.97 Å². The third-order valence-electron chi connectivity index (χ3n) is 3.27. The minimum Gasteiger partial charge on any atom is -0.480 e. The van der Waals surface area contributed by atoms with Crippen LogP contribution >= 0.6 is 0 Å². The Morgan fingerprint density at radius 2 is 2.06 bits per heavy atom. The van der Waals surface area contributed by atoms with Crippen molar-refractivity contribution in [3.63, 3.8) is 0 Å². The van der Waals surface area contributed by atoms with Gasteiger partial charge in [0.15, 0.2) is 0 Å². The molecule has 3 unspecified atom stereocenters. The highest BCUT2D eigenvalue weighted by molar-refractivity contribution is 5.73. The summed E-state index contributed by atoms with van der Waals surface area (Å²) in [5, 5.41) is 22.0. The van der Waals surface area contributed by atoms with Gasteiger partial charge in [0.05, 0.1) is 6.10 Å². The molecule has 0 spiro atoms. The summed E-state index contributed by atoms with van der Waals surface area (Å²) >= 11 is 0. The van der Waals surface area contributed by atoms with E-state index in [9.17, 15) is 9.90 Å². The van der Waals surface area contributed by atoms with Crippen LogP contribution in [0.1, 0.15) is 51.9 Å². The lowest BCUT2D eigenvalue weighted by Gasteiger charge is -2.25. The quantitative estimate of drug-likeness (QED) is 0.625. The van der Waals surface area contributed by atoms with Gasteiger partial charge in [-0.15, -0.1) is 0 Å². The van der Waals surface area contributed by atoms with Crippen molar-refractivity contribution in [1.82, 2.24) is 5.32 Å². The number of carboxylic acid groups (broad SMARTS) is 1. The van der Waals surface area contributed by atoms with Crippen molar-refractivity contribution in [2.24, 2.45) is 0 Å². The summed E-state index contributed by atoms with van der Waals surface area (Å²) in [4.78, 5) is 11.0. The second kappa shape index (κ2) is 6.86. The second-order valence-corrected chi connectivity index (χ2v) is 4.66. The first-order chi connectivity index (χ1) is 7.65. The Kier molecular flexibility index (Phi) is 5.77. The molecule has 4 heteroatoms. The number of nitrogens with one attached hydrogen (secondary N) is 1. The lowest BCUT2D eigenvalue weighted by atomic mass is 10.0. The van der Waals surface area contributed by atoms with E-state index < -0.39 is 12.0 Å². The van der Waals surface area contributed by atoms with Gasteiger partial charge in [0.2, 0.25) is 0 Å². The summed E-state index contributed by atoms with van der Waals surface area (Å²) in [5.41, 5.74) is 0. The molecule has 3 atom stereocenters. The molecule has 1 aliphatic rings. The fraction of sp³-hybridized carbons (Fsp3) is 0.917. The van der Waals surface area contributed by atoms with Crippen molar-refractivity contribution < 1.29 is 15.0 Å². The van der Waals surface area contributed by atoms with Gasteiger partial charge in [0.25, 0.3) is 0 Å². The normalized spacial score (nSPS) is 28.4. The second-order valence-electron chi connectivity index (χ2n) is 4.66. The molecule has 0 radical (unpaired) electrons. The molecule has 0 aliphatic heterocycles. The number of hydrogen-bond donors (Lipinski definition) is 3. The lowest BCUT2D eigenvalue weighted by molar-refractivity contribution is -0.140.